The molecule has 8 nitrogen and oxygen atoms in total. The molecular weight excluding hydrogens is 264 g/mol. The largest absolute Gasteiger partial charge is 0.394 e. The van der Waals surface area contributed by atoms with E-state index in [0.717, 1.165) is 0 Å². The van der Waals surface area contributed by atoms with E-state index >= 15 is 0 Å². The van der Waals surface area contributed by atoms with Crippen LogP contribution in [0.4, 0.5) is 5.82 Å². The van der Waals surface area contributed by atoms with E-state index < -0.39 is 24.0 Å². The molecule has 0 saturated carbocycles. The fraction of sp³-hybridized carbons (Fsp3) is 0.500. The summed E-state index contributed by atoms with van der Waals surface area (Å²) in [5.74, 6) is 0.325. The van der Waals surface area contributed by atoms with Crippen LogP contribution in [-0.4, -0.2) is 54.3 Å². The zero-order valence-electron chi connectivity index (χ0n) is 10.8. The Labute approximate surface area is 114 Å². The van der Waals surface area contributed by atoms with Crippen LogP contribution >= 0.6 is 0 Å². The molecule has 3 heterocycles. The molecule has 0 bridgehead atoms. The fourth-order valence-corrected chi connectivity index (χ4v) is 2.57. The highest BCUT2D eigenvalue weighted by Crippen LogP contribution is 2.39. The van der Waals surface area contributed by atoms with Gasteiger partial charge in [-0.05, 0) is 13.0 Å². The number of anilines is 1. The van der Waals surface area contributed by atoms with Gasteiger partial charge in [0.15, 0.2) is 6.23 Å². The Bertz CT molecular complexity index is 641. The Morgan fingerprint density at radius 2 is 2.25 bits per heavy atom. The highest BCUT2D eigenvalue weighted by molar-refractivity contribution is 5.86. The first-order valence-corrected chi connectivity index (χ1v) is 6.20. The maximum Gasteiger partial charge on any atom is 0.167 e. The maximum absolute atomic E-state index is 10.4. The molecule has 1 saturated heterocycles. The van der Waals surface area contributed by atoms with E-state index in [2.05, 4.69) is 9.97 Å². The number of aliphatic hydroxyl groups excluding tert-OH is 2. The van der Waals surface area contributed by atoms with Crippen molar-refractivity contribution < 1.29 is 20.1 Å². The van der Waals surface area contributed by atoms with Crippen molar-refractivity contribution in [3.05, 3.63) is 18.6 Å². The van der Waals surface area contributed by atoms with Crippen LogP contribution in [0, 0.1) is 0 Å². The average Bonchev–Trinajstić information content (AvgIpc) is 2.92. The minimum Gasteiger partial charge on any atom is -0.394 e. The quantitative estimate of drug-likeness (QED) is 0.556. The lowest BCUT2D eigenvalue weighted by atomic mass is 9.96. The van der Waals surface area contributed by atoms with E-state index in [4.69, 9.17) is 10.5 Å². The molecule has 8 heteroatoms. The van der Waals surface area contributed by atoms with Gasteiger partial charge >= 0.3 is 0 Å². The van der Waals surface area contributed by atoms with Crippen LogP contribution in [0.15, 0.2) is 18.6 Å². The van der Waals surface area contributed by atoms with Crippen LogP contribution < -0.4 is 5.73 Å². The number of aromatic nitrogens is 3. The monoisotopic (exact) mass is 280 g/mol. The topological polar surface area (TPSA) is 127 Å². The molecule has 0 aliphatic carbocycles. The van der Waals surface area contributed by atoms with Crippen molar-refractivity contribution in [2.75, 3.05) is 12.3 Å². The Kier molecular flexibility index (Phi) is 2.91. The van der Waals surface area contributed by atoms with Crippen molar-refractivity contribution >= 4 is 16.9 Å². The fourth-order valence-electron chi connectivity index (χ4n) is 2.57. The van der Waals surface area contributed by atoms with E-state index in [1.54, 1.807) is 16.8 Å². The van der Waals surface area contributed by atoms with Crippen LogP contribution in [0.5, 0.6) is 0 Å². The molecule has 4 atom stereocenters. The number of fused-ring (bicyclic) bond motifs is 1. The summed E-state index contributed by atoms with van der Waals surface area (Å²) in [6.07, 6.45) is 0.0428. The van der Waals surface area contributed by atoms with Crippen molar-refractivity contribution in [1.82, 2.24) is 14.5 Å². The number of nitrogens with two attached hydrogens (primary N) is 1. The number of nitrogen functional groups attached to an aromatic ring is 1. The molecule has 2 aromatic heterocycles. The zero-order chi connectivity index (χ0) is 14.5. The Hall–Kier alpha value is -1.74. The zero-order valence-corrected chi connectivity index (χ0v) is 10.8. The second-order valence-electron chi connectivity index (χ2n) is 5.10. The lowest BCUT2D eigenvalue weighted by Gasteiger charge is -2.27. The first-order valence-electron chi connectivity index (χ1n) is 6.20. The van der Waals surface area contributed by atoms with Crippen LogP contribution in [0.3, 0.4) is 0 Å². The third kappa shape index (κ3) is 1.70. The molecule has 108 valence electrons. The predicted octanol–water partition coefficient (Wildman–Crippen LogP) is -0.985. The van der Waals surface area contributed by atoms with Gasteiger partial charge in [-0.2, -0.15) is 0 Å². The molecule has 0 aromatic carbocycles. The highest BCUT2D eigenvalue weighted by Gasteiger charge is 2.53. The standard InChI is InChI=1S/C12H16N4O4/c1-12(19)8(18)7(4-17)20-11(12)16-3-2-6-9(13)14-5-15-10(6)16/h2-3,5,7-8,11,17-19H,4H2,1H3,(H2,13,14,15)/t7?,8-,11+,12?/m0/s1. The van der Waals surface area contributed by atoms with Gasteiger partial charge in [-0.15, -0.1) is 0 Å². The number of hydrogen-bond acceptors (Lipinski definition) is 7. The molecule has 3 rings (SSSR count). The molecule has 2 unspecified atom stereocenters. The minimum absolute atomic E-state index is 0.325. The van der Waals surface area contributed by atoms with Crippen LogP contribution in [0.1, 0.15) is 13.2 Å². The maximum atomic E-state index is 10.4. The molecular formula is C12H16N4O4. The molecule has 0 radical (unpaired) electrons. The lowest BCUT2D eigenvalue weighted by Crippen LogP contribution is -2.44. The Balaban J connectivity index is 2.10. The molecule has 20 heavy (non-hydrogen) atoms. The van der Waals surface area contributed by atoms with Gasteiger partial charge in [-0.1, -0.05) is 0 Å². The molecule has 0 amide bonds. The summed E-state index contributed by atoms with van der Waals surface area (Å²) in [6, 6.07) is 1.71. The van der Waals surface area contributed by atoms with Crippen LogP contribution in [0.2, 0.25) is 0 Å². The van der Waals surface area contributed by atoms with Gasteiger partial charge in [-0.3, -0.25) is 0 Å². The molecule has 0 spiro atoms. The number of ether oxygens (including phenoxy) is 1. The highest BCUT2D eigenvalue weighted by atomic mass is 16.6. The van der Waals surface area contributed by atoms with Crippen molar-refractivity contribution in [2.45, 2.75) is 31.0 Å². The van der Waals surface area contributed by atoms with E-state index in [1.807, 2.05) is 0 Å². The first kappa shape index (κ1) is 13.3. The minimum atomic E-state index is -1.56. The SMILES string of the molecule is CC1(O)[C@@H](O)C(CO)O[C@H]1n1ccc2c(N)ncnc21. The normalized spacial score (nSPS) is 33.9. The van der Waals surface area contributed by atoms with Gasteiger partial charge < -0.3 is 30.4 Å². The second kappa shape index (κ2) is 4.38. The van der Waals surface area contributed by atoms with Crippen LogP contribution in [0.25, 0.3) is 11.0 Å². The first-order chi connectivity index (χ1) is 9.46. The molecule has 1 aliphatic rings. The lowest BCUT2D eigenvalue weighted by molar-refractivity contribution is -0.0948. The summed E-state index contributed by atoms with van der Waals surface area (Å²) in [5, 5.41) is 30.3. The van der Waals surface area contributed by atoms with E-state index in [1.165, 1.54) is 13.3 Å². The van der Waals surface area contributed by atoms with Crippen molar-refractivity contribution in [3.63, 3.8) is 0 Å². The van der Waals surface area contributed by atoms with E-state index in [9.17, 15) is 15.3 Å². The summed E-state index contributed by atoms with van der Waals surface area (Å²) in [7, 11) is 0. The summed E-state index contributed by atoms with van der Waals surface area (Å²) in [5.41, 5.74) is 4.70. The molecule has 1 aliphatic heterocycles. The summed E-state index contributed by atoms with van der Waals surface area (Å²) >= 11 is 0. The summed E-state index contributed by atoms with van der Waals surface area (Å²) in [4.78, 5) is 8.01. The third-order valence-electron chi connectivity index (χ3n) is 3.73. The Morgan fingerprint density at radius 1 is 1.50 bits per heavy atom. The summed E-state index contributed by atoms with van der Waals surface area (Å²) < 4.78 is 7.12. The van der Waals surface area contributed by atoms with Crippen molar-refractivity contribution in [2.24, 2.45) is 0 Å². The van der Waals surface area contributed by atoms with Gasteiger partial charge in [0.25, 0.3) is 0 Å². The van der Waals surface area contributed by atoms with Crippen LogP contribution in [-0.2, 0) is 4.74 Å². The van der Waals surface area contributed by atoms with E-state index in [0.29, 0.717) is 16.9 Å². The molecule has 2 aromatic rings. The number of rotatable bonds is 2. The Morgan fingerprint density at radius 3 is 2.90 bits per heavy atom. The molecule has 1 fully saturated rings. The predicted molar refractivity (Wildman–Crippen MR) is 69.6 cm³/mol. The van der Waals surface area contributed by atoms with Gasteiger partial charge in [0.05, 0.1) is 12.0 Å². The van der Waals surface area contributed by atoms with Gasteiger partial charge in [0.2, 0.25) is 0 Å². The third-order valence-corrected chi connectivity index (χ3v) is 3.73. The van der Waals surface area contributed by atoms with Gasteiger partial charge in [-0.25, -0.2) is 9.97 Å². The summed E-state index contributed by atoms with van der Waals surface area (Å²) in [6.45, 7) is 1.07. The number of nitrogens with zero attached hydrogens (tertiary/aromatic N) is 3. The van der Waals surface area contributed by atoms with Crippen molar-refractivity contribution in [3.8, 4) is 0 Å². The van der Waals surface area contributed by atoms with Crippen molar-refractivity contribution in [1.29, 1.82) is 0 Å². The average molecular weight is 280 g/mol. The smallest absolute Gasteiger partial charge is 0.167 e. The second-order valence-corrected chi connectivity index (χ2v) is 5.10. The number of aliphatic hydroxyl groups is 3. The van der Waals surface area contributed by atoms with Gasteiger partial charge in [0, 0.05) is 6.20 Å². The molecule has 5 N–H and O–H groups in total. The van der Waals surface area contributed by atoms with Gasteiger partial charge in [0.1, 0.15) is 35.6 Å². The van der Waals surface area contributed by atoms with E-state index in [-0.39, 0.29) is 6.61 Å². The number of hydrogen-bond donors (Lipinski definition) is 4.